The van der Waals surface area contributed by atoms with Crippen LogP contribution in [0, 0.1) is 11.8 Å². The van der Waals surface area contributed by atoms with Gasteiger partial charge in [0.25, 0.3) is 0 Å². The molecule has 3 atom stereocenters. The summed E-state index contributed by atoms with van der Waals surface area (Å²) < 4.78 is 29.0. The van der Waals surface area contributed by atoms with Crippen LogP contribution in [0.1, 0.15) is 49.5 Å². The molecule has 0 bridgehead atoms. The highest BCUT2D eigenvalue weighted by atomic mass is 32.2. The molecule has 15 heteroatoms. The topological polar surface area (TPSA) is 159 Å². The lowest BCUT2D eigenvalue weighted by atomic mass is 9.97. The largest absolute Gasteiger partial charge is 0.411 e. The zero-order valence-electron chi connectivity index (χ0n) is 30.2. The summed E-state index contributed by atoms with van der Waals surface area (Å²) in [4.78, 5) is 37.9. The van der Waals surface area contributed by atoms with Gasteiger partial charge in [0.2, 0.25) is 15.9 Å². The molecule has 3 N–H and O–H groups in total. The second-order valence-electron chi connectivity index (χ2n) is 14.0. The number of urea groups is 1. The van der Waals surface area contributed by atoms with Crippen LogP contribution in [0.2, 0.25) is 0 Å². The van der Waals surface area contributed by atoms with E-state index in [1.165, 1.54) is 34.8 Å². The van der Waals surface area contributed by atoms with Gasteiger partial charge in [-0.25, -0.2) is 18.2 Å². The van der Waals surface area contributed by atoms with Gasteiger partial charge < -0.3 is 30.3 Å². The minimum Gasteiger partial charge on any atom is -0.411 e. The molecule has 3 amide bonds. The Labute approximate surface area is 305 Å². The van der Waals surface area contributed by atoms with Gasteiger partial charge in [-0.2, -0.15) is 4.31 Å². The number of sulfonamides is 1. The number of nitrogens with one attached hydrogen (secondary N) is 1. The fourth-order valence-electron chi connectivity index (χ4n) is 6.15. The number of nitrogens with zero attached hydrogens (tertiary/aromatic N) is 6. The first kappa shape index (κ1) is 39.9. The molecule has 1 fully saturated rings. The highest BCUT2D eigenvalue weighted by Crippen LogP contribution is 2.23. The van der Waals surface area contributed by atoms with Crippen molar-refractivity contribution in [1.29, 1.82) is 0 Å². The number of hydrogen-bond acceptors (Lipinski definition) is 10. The normalized spacial score (nSPS) is 15.9. The first-order chi connectivity index (χ1) is 24.2. The fraction of sp³-hybridized carbons (Fsp3) is 0.500. The van der Waals surface area contributed by atoms with Crippen molar-refractivity contribution in [3.8, 4) is 0 Å². The minimum atomic E-state index is -4.06. The summed E-state index contributed by atoms with van der Waals surface area (Å²) in [6.45, 7) is 9.26. The lowest BCUT2D eigenvalue weighted by molar-refractivity contribution is -0.128. The number of oxime groups is 1. The maximum absolute atomic E-state index is 14.2. The first-order valence-electron chi connectivity index (χ1n) is 17.1. The third kappa shape index (κ3) is 10.8. The number of thiazole rings is 1. The molecule has 3 aromatic rings. The zero-order valence-corrected chi connectivity index (χ0v) is 31.8. The Kier molecular flexibility index (Phi) is 14.1. The molecule has 51 heavy (non-hydrogen) atoms. The van der Waals surface area contributed by atoms with Gasteiger partial charge in [0, 0.05) is 38.1 Å². The van der Waals surface area contributed by atoms with Crippen molar-refractivity contribution < 1.29 is 28.3 Å². The molecule has 0 aliphatic carbocycles. The van der Waals surface area contributed by atoms with Gasteiger partial charge >= 0.3 is 6.03 Å². The van der Waals surface area contributed by atoms with E-state index >= 15 is 0 Å². The van der Waals surface area contributed by atoms with E-state index < -0.39 is 34.1 Å². The van der Waals surface area contributed by atoms with E-state index in [1.807, 2.05) is 82.4 Å². The van der Waals surface area contributed by atoms with Crippen LogP contribution in [-0.4, -0.2) is 119 Å². The van der Waals surface area contributed by atoms with Crippen LogP contribution >= 0.6 is 11.3 Å². The van der Waals surface area contributed by atoms with Gasteiger partial charge in [-0.15, -0.1) is 11.3 Å². The molecular weight excluding hydrogens is 691 g/mol. The van der Waals surface area contributed by atoms with E-state index in [9.17, 15) is 23.1 Å². The number of aliphatic hydroxyl groups is 1. The van der Waals surface area contributed by atoms with Crippen LogP contribution < -0.4 is 5.32 Å². The Bertz CT molecular complexity index is 1710. The Morgan fingerprint density at radius 2 is 1.75 bits per heavy atom. The summed E-state index contributed by atoms with van der Waals surface area (Å²) in [5.41, 5.74) is 2.18. The van der Waals surface area contributed by atoms with Gasteiger partial charge in [0.05, 0.1) is 35.5 Å². The summed E-state index contributed by atoms with van der Waals surface area (Å²) in [5.74, 6) is -0.721. The number of rotatable bonds is 18. The van der Waals surface area contributed by atoms with Crippen molar-refractivity contribution in [2.75, 3.05) is 40.3 Å². The summed E-state index contributed by atoms with van der Waals surface area (Å²) in [5, 5.41) is 29.5. The average molecular weight is 742 g/mol. The van der Waals surface area contributed by atoms with E-state index in [2.05, 4.69) is 15.5 Å². The van der Waals surface area contributed by atoms with E-state index in [0.29, 0.717) is 31.7 Å². The smallest absolute Gasteiger partial charge is 0.321 e. The average Bonchev–Trinajstić information content (AvgIpc) is 3.66. The van der Waals surface area contributed by atoms with Crippen molar-refractivity contribution >= 4 is 39.5 Å². The van der Waals surface area contributed by atoms with E-state index in [0.717, 1.165) is 16.3 Å². The van der Waals surface area contributed by atoms with Crippen LogP contribution in [0.4, 0.5) is 4.79 Å². The van der Waals surface area contributed by atoms with Crippen molar-refractivity contribution in [3.05, 3.63) is 81.8 Å². The zero-order chi connectivity index (χ0) is 37.3. The van der Waals surface area contributed by atoms with E-state index in [-0.39, 0.29) is 42.3 Å². The third-order valence-electron chi connectivity index (χ3n) is 8.54. The predicted molar refractivity (Wildman–Crippen MR) is 198 cm³/mol. The molecule has 1 aromatic heterocycles. The quantitative estimate of drug-likeness (QED) is 0.101. The number of aromatic nitrogens is 1. The van der Waals surface area contributed by atoms with Crippen molar-refractivity contribution in [2.45, 2.75) is 70.3 Å². The monoisotopic (exact) mass is 741 g/mol. The Balaban J connectivity index is 1.55. The first-order valence-corrected chi connectivity index (χ1v) is 19.4. The number of amides is 3. The van der Waals surface area contributed by atoms with Gasteiger partial charge in [0.15, 0.2) is 0 Å². The molecule has 1 aliphatic rings. The second-order valence-corrected chi connectivity index (χ2v) is 16.8. The van der Waals surface area contributed by atoms with E-state index in [4.69, 9.17) is 5.21 Å². The highest BCUT2D eigenvalue weighted by molar-refractivity contribution is 7.89. The van der Waals surface area contributed by atoms with Crippen molar-refractivity contribution in [2.24, 2.45) is 17.0 Å². The van der Waals surface area contributed by atoms with Gasteiger partial charge in [-0.3, -0.25) is 4.79 Å². The van der Waals surface area contributed by atoms with Gasteiger partial charge in [-0.1, -0.05) is 75.3 Å². The number of carbonyl (C=O) groups excluding carboxylic acids is 2. The lowest BCUT2D eigenvalue weighted by Crippen LogP contribution is -2.57. The molecule has 13 nitrogen and oxygen atoms in total. The molecular formula is C36H51N7O6S2. The second kappa shape index (κ2) is 18.0. The predicted octanol–water partition coefficient (Wildman–Crippen LogP) is 3.71. The van der Waals surface area contributed by atoms with Gasteiger partial charge in [-0.05, 0) is 55.6 Å². The molecule has 2 heterocycles. The van der Waals surface area contributed by atoms with Crippen LogP contribution in [0.5, 0.6) is 0 Å². The molecule has 1 aliphatic heterocycles. The molecule has 0 unspecified atom stereocenters. The van der Waals surface area contributed by atoms with Gasteiger partial charge in [0.1, 0.15) is 11.0 Å². The fourth-order valence-corrected chi connectivity index (χ4v) is 8.67. The highest BCUT2D eigenvalue weighted by Gasteiger charge is 2.40. The summed E-state index contributed by atoms with van der Waals surface area (Å²) in [6.07, 6.45) is 0.148. The molecule has 0 saturated carbocycles. The van der Waals surface area contributed by atoms with Crippen LogP contribution in [0.3, 0.4) is 0 Å². The number of carbonyl (C=O) groups is 2. The Hall–Kier alpha value is -3.89. The molecule has 4 rings (SSSR count). The molecule has 0 spiro atoms. The maximum Gasteiger partial charge on any atom is 0.321 e. The summed E-state index contributed by atoms with van der Waals surface area (Å²) in [6, 6.07) is 13.3. The van der Waals surface area contributed by atoms with Crippen LogP contribution in [0.15, 0.2) is 70.0 Å². The number of benzene rings is 2. The Morgan fingerprint density at radius 1 is 1.06 bits per heavy atom. The molecule has 1 saturated heterocycles. The SMILES string of the molecule is CC(C)CN(C[C@H](O)[C@H](Cc1ccccc1)NC(=O)[C@H](C(C)C)N1CCN(Cc2csc(CN(C)C)n2)C1=O)S(=O)(=O)c1ccc(C=NO)cc1. The molecule has 0 radical (unpaired) electrons. The Morgan fingerprint density at radius 3 is 2.35 bits per heavy atom. The van der Waals surface area contributed by atoms with Crippen molar-refractivity contribution in [3.63, 3.8) is 0 Å². The molecule has 2 aromatic carbocycles. The minimum absolute atomic E-state index is 0.0256. The van der Waals surface area contributed by atoms with Crippen molar-refractivity contribution in [1.82, 2.24) is 29.3 Å². The number of hydrogen-bond donors (Lipinski definition) is 3. The summed E-state index contributed by atoms with van der Waals surface area (Å²) in [7, 11) is -0.103. The number of aliphatic hydroxyl groups excluding tert-OH is 1. The maximum atomic E-state index is 14.2. The van der Waals surface area contributed by atoms with E-state index in [1.54, 1.807) is 21.1 Å². The van der Waals surface area contributed by atoms with Crippen LogP contribution in [0.25, 0.3) is 0 Å². The molecule has 278 valence electrons. The lowest BCUT2D eigenvalue weighted by Gasteiger charge is -2.34. The standard InChI is InChI=1S/C36H51N7O6S2/c1-25(2)20-42(51(48,49)30-14-12-28(13-15-30)19-37-47)22-32(44)31(18-27-10-8-7-9-11-27)39-35(45)34(26(3)4)43-17-16-41(36(43)46)21-29-24-50-33(38-29)23-40(5)6/h7-15,19,24-26,31-32,34,44,47H,16-18,20-23H2,1-6H3,(H,39,45)/t31-,32-,34-/m0/s1. The van der Waals surface area contributed by atoms with Crippen LogP contribution in [-0.2, 0) is 34.3 Å². The summed E-state index contributed by atoms with van der Waals surface area (Å²) >= 11 is 1.55. The third-order valence-corrected chi connectivity index (χ3v) is 11.3.